The molecule has 9 nitrogen and oxygen atoms in total. The average molecular weight is 427 g/mol. The van der Waals surface area contributed by atoms with Gasteiger partial charge in [-0.3, -0.25) is 14.9 Å². The molecule has 1 aliphatic rings. The van der Waals surface area contributed by atoms with Crippen molar-refractivity contribution in [1.82, 2.24) is 4.90 Å². The van der Waals surface area contributed by atoms with E-state index in [1.807, 2.05) is 42.2 Å². The second kappa shape index (κ2) is 10.0. The first-order valence-electron chi connectivity index (χ1n) is 9.97. The van der Waals surface area contributed by atoms with E-state index in [9.17, 15) is 19.7 Å². The largest absolute Gasteiger partial charge is 0.452 e. The Hall–Kier alpha value is -3.46. The fourth-order valence-corrected chi connectivity index (χ4v) is 3.36. The van der Waals surface area contributed by atoms with Crippen LogP contribution in [-0.4, -0.2) is 61.7 Å². The van der Waals surface area contributed by atoms with Gasteiger partial charge in [0.25, 0.3) is 11.6 Å². The molecule has 0 bridgehead atoms. The Morgan fingerprint density at radius 2 is 1.87 bits per heavy atom. The van der Waals surface area contributed by atoms with Crippen LogP contribution in [0, 0.1) is 10.1 Å². The molecular weight excluding hydrogens is 402 g/mol. The summed E-state index contributed by atoms with van der Waals surface area (Å²) < 4.78 is 10.6. The number of nitro groups is 1. The molecule has 2 aromatic rings. The number of nitro benzene ring substituents is 1. The van der Waals surface area contributed by atoms with Crippen molar-refractivity contribution >= 4 is 23.3 Å². The molecule has 1 saturated heterocycles. The zero-order valence-electron chi connectivity index (χ0n) is 17.5. The van der Waals surface area contributed by atoms with Crippen molar-refractivity contribution in [3.8, 4) is 0 Å². The minimum Gasteiger partial charge on any atom is -0.452 e. The van der Waals surface area contributed by atoms with Crippen molar-refractivity contribution < 1.29 is 24.0 Å². The molecule has 1 atom stereocenters. The Labute approximate surface area is 180 Å². The summed E-state index contributed by atoms with van der Waals surface area (Å²) in [5.41, 5.74) is 1.32. The lowest BCUT2D eigenvalue weighted by atomic mass is 10.1. The number of esters is 1. The van der Waals surface area contributed by atoms with Gasteiger partial charge in [-0.2, -0.15) is 0 Å². The molecule has 31 heavy (non-hydrogen) atoms. The van der Waals surface area contributed by atoms with Crippen LogP contribution in [0.1, 0.15) is 28.9 Å². The minimum atomic E-state index is -0.778. The first-order chi connectivity index (χ1) is 14.9. The van der Waals surface area contributed by atoms with Crippen LogP contribution in [0.25, 0.3) is 0 Å². The summed E-state index contributed by atoms with van der Waals surface area (Å²) in [5.74, 6) is -1.15. The van der Waals surface area contributed by atoms with Crippen LogP contribution in [0.5, 0.6) is 0 Å². The Balaban J connectivity index is 1.72. The monoisotopic (exact) mass is 427 g/mol. The fraction of sp³-hybridized carbons (Fsp3) is 0.364. The van der Waals surface area contributed by atoms with Crippen molar-refractivity contribution in [1.29, 1.82) is 0 Å². The molecule has 1 aliphatic heterocycles. The van der Waals surface area contributed by atoms with Gasteiger partial charge in [0.15, 0.2) is 6.61 Å². The number of ether oxygens (including phenoxy) is 2. The Kier molecular flexibility index (Phi) is 7.19. The van der Waals surface area contributed by atoms with E-state index in [-0.39, 0.29) is 23.2 Å². The van der Waals surface area contributed by atoms with Gasteiger partial charge in [0, 0.05) is 32.3 Å². The highest BCUT2D eigenvalue weighted by molar-refractivity contribution is 5.97. The summed E-state index contributed by atoms with van der Waals surface area (Å²) in [6.07, 6.45) is 0. The number of anilines is 1. The van der Waals surface area contributed by atoms with E-state index in [0.717, 1.165) is 5.56 Å². The summed E-state index contributed by atoms with van der Waals surface area (Å²) in [7, 11) is 1.64. The molecule has 0 aromatic heterocycles. The first-order valence-corrected chi connectivity index (χ1v) is 9.97. The highest BCUT2D eigenvalue weighted by Gasteiger charge is 2.25. The Morgan fingerprint density at radius 1 is 1.19 bits per heavy atom. The molecule has 1 unspecified atom stereocenters. The lowest BCUT2D eigenvalue weighted by molar-refractivity contribution is -0.384. The van der Waals surface area contributed by atoms with Crippen LogP contribution in [0.2, 0.25) is 0 Å². The molecule has 1 fully saturated rings. The molecule has 1 heterocycles. The van der Waals surface area contributed by atoms with E-state index in [2.05, 4.69) is 0 Å². The fourth-order valence-electron chi connectivity index (χ4n) is 3.36. The summed E-state index contributed by atoms with van der Waals surface area (Å²) in [6.45, 7) is 3.50. The zero-order chi connectivity index (χ0) is 22.4. The Bertz CT molecular complexity index is 944. The normalized spacial score (nSPS) is 14.6. The van der Waals surface area contributed by atoms with E-state index < -0.39 is 17.5 Å². The van der Waals surface area contributed by atoms with E-state index >= 15 is 0 Å². The molecule has 164 valence electrons. The Morgan fingerprint density at radius 3 is 2.52 bits per heavy atom. The summed E-state index contributed by atoms with van der Waals surface area (Å²) >= 11 is 0. The highest BCUT2D eigenvalue weighted by Crippen LogP contribution is 2.27. The van der Waals surface area contributed by atoms with E-state index in [4.69, 9.17) is 9.47 Å². The SMILES string of the molecule is CC(c1ccccc1)N(C)C(=O)COC(=O)c1cc([N+](=O)[O-])ccc1N1CCOCC1. The third kappa shape index (κ3) is 5.37. The molecule has 0 aliphatic carbocycles. The molecule has 0 radical (unpaired) electrons. The third-order valence-corrected chi connectivity index (χ3v) is 5.35. The number of carbonyl (C=O) groups is 2. The predicted molar refractivity (Wildman–Crippen MR) is 114 cm³/mol. The topological polar surface area (TPSA) is 102 Å². The minimum absolute atomic E-state index is 0.0580. The van der Waals surface area contributed by atoms with E-state index in [1.165, 1.54) is 23.1 Å². The van der Waals surface area contributed by atoms with Gasteiger partial charge in [0.05, 0.1) is 35.4 Å². The molecule has 9 heteroatoms. The number of hydrogen-bond acceptors (Lipinski definition) is 7. The van der Waals surface area contributed by atoms with Gasteiger partial charge in [-0.1, -0.05) is 30.3 Å². The van der Waals surface area contributed by atoms with Crippen LogP contribution < -0.4 is 4.90 Å². The molecular formula is C22H25N3O6. The van der Waals surface area contributed by atoms with Crippen molar-refractivity contribution in [3.63, 3.8) is 0 Å². The van der Waals surface area contributed by atoms with Crippen LogP contribution in [-0.2, 0) is 14.3 Å². The highest BCUT2D eigenvalue weighted by atomic mass is 16.6. The summed E-state index contributed by atoms with van der Waals surface area (Å²) in [4.78, 5) is 39.4. The smallest absolute Gasteiger partial charge is 0.341 e. The molecule has 0 N–H and O–H groups in total. The maximum atomic E-state index is 12.8. The zero-order valence-corrected chi connectivity index (χ0v) is 17.5. The third-order valence-electron chi connectivity index (χ3n) is 5.35. The number of carbonyl (C=O) groups excluding carboxylic acids is 2. The van der Waals surface area contributed by atoms with Crippen LogP contribution >= 0.6 is 0 Å². The first kappa shape index (κ1) is 22.2. The van der Waals surface area contributed by atoms with Crippen molar-refractivity contribution in [2.45, 2.75) is 13.0 Å². The van der Waals surface area contributed by atoms with Gasteiger partial charge in [-0.25, -0.2) is 4.79 Å². The average Bonchev–Trinajstić information content (AvgIpc) is 2.82. The van der Waals surface area contributed by atoms with Gasteiger partial charge in [-0.05, 0) is 18.6 Å². The van der Waals surface area contributed by atoms with Gasteiger partial charge in [-0.15, -0.1) is 0 Å². The lowest BCUT2D eigenvalue weighted by Gasteiger charge is -2.30. The number of morpholine rings is 1. The number of amides is 1. The summed E-state index contributed by atoms with van der Waals surface area (Å²) in [6, 6.07) is 13.4. The number of nitrogens with zero attached hydrogens (tertiary/aromatic N) is 3. The number of non-ortho nitro benzene ring substituents is 1. The van der Waals surface area contributed by atoms with Crippen molar-refractivity contribution in [2.75, 3.05) is 44.9 Å². The number of hydrogen-bond donors (Lipinski definition) is 0. The second-order valence-electron chi connectivity index (χ2n) is 7.23. The molecule has 3 rings (SSSR count). The predicted octanol–water partition coefficient (Wildman–Crippen LogP) is 2.81. The lowest BCUT2D eigenvalue weighted by Crippen LogP contribution is -2.37. The standard InChI is InChI=1S/C22H25N3O6/c1-16(17-6-4-3-5-7-17)23(2)21(26)15-31-22(27)19-14-18(25(28)29)8-9-20(19)24-10-12-30-13-11-24/h3-9,14,16H,10-13,15H2,1-2H3. The molecule has 0 spiro atoms. The quantitative estimate of drug-likeness (QED) is 0.380. The van der Waals surface area contributed by atoms with Gasteiger partial charge in [0.1, 0.15) is 0 Å². The number of likely N-dealkylation sites (N-methyl/N-ethyl adjacent to an activating group) is 1. The summed E-state index contributed by atoms with van der Waals surface area (Å²) in [5, 5.41) is 11.2. The van der Waals surface area contributed by atoms with Crippen molar-refractivity contribution in [3.05, 3.63) is 69.8 Å². The molecule has 0 saturated carbocycles. The van der Waals surface area contributed by atoms with Crippen LogP contribution in [0.3, 0.4) is 0 Å². The van der Waals surface area contributed by atoms with E-state index in [1.54, 1.807) is 7.05 Å². The molecule has 1 amide bonds. The van der Waals surface area contributed by atoms with Crippen LogP contribution in [0.4, 0.5) is 11.4 Å². The van der Waals surface area contributed by atoms with Crippen LogP contribution in [0.15, 0.2) is 48.5 Å². The van der Waals surface area contributed by atoms with Gasteiger partial charge >= 0.3 is 5.97 Å². The number of benzene rings is 2. The number of rotatable bonds is 7. The van der Waals surface area contributed by atoms with Crippen molar-refractivity contribution in [2.24, 2.45) is 0 Å². The second-order valence-corrected chi connectivity index (χ2v) is 7.23. The molecule has 2 aromatic carbocycles. The van der Waals surface area contributed by atoms with Gasteiger partial charge < -0.3 is 19.3 Å². The van der Waals surface area contributed by atoms with Gasteiger partial charge in [0.2, 0.25) is 0 Å². The van der Waals surface area contributed by atoms with E-state index in [0.29, 0.717) is 32.0 Å². The maximum Gasteiger partial charge on any atom is 0.341 e. The maximum absolute atomic E-state index is 12.8.